The number of rotatable bonds is 7. The summed E-state index contributed by atoms with van der Waals surface area (Å²) in [6, 6.07) is 13.1. The van der Waals surface area contributed by atoms with Crippen LogP contribution >= 0.6 is 11.8 Å². The van der Waals surface area contributed by atoms with E-state index in [-0.39, 0.29) is 24.1 Å². The first-order valence-electron chi connectivity index (χ1n) is 8.60. The number of benzene rings is 2. The highest BCUT2D eigenvalue weighted by Crippen LogP contribution is 2.25. The molecule has 144 valence electrons. The number of carbonyl (C=O) groups is 2. The van der Waals surface area contributed by atoms with E-state index in [4.69, 9.17) is 4.74 Å². The van der Waals surface area contributed by atoms with Crippen molar-refractivity contribution in [2.24, 2.45) is 0 Å². The number of hydrogen-bond acceptors (Lipinski definition) is 6. The van der Waals surface area contributed by atoms with Crippen LogP contribution in [0.4, 0.5) is 5.69 Å². The molecule has 28 heavy (non-hydrogen) atoms. The van der Waals surface area contributed by atoms with Gasteiger partial charge in [-0.3, -0.25) is 9.59 Å². The Bertz CT molecular complexity index is 1000. The summed E-state index contributed by atoms with van der Waals surface area (Å²) >= 11 is 1.31. The Morgan fingerprint density at radius 2 is 1.93 bits per heavy atom. The Labute approximate surface area is 166 Å². The van der Waals surface area contributed by atoms with Crippen LogP contribution in [0.2, 0.25) is 0 Å². The van der Waals surface area contributed by atoms with Gasteiger partial charge in [-0.15, -0.1) is 0 Å². The van der Waals surface area contributed by atoms with Crippen LogP contribution in [0.1, 0.15) is 5.56 Å². The van der Waals surface area contributed by atoms with Gasteiger partial charge in [0.15, 0.2) is 0 Å². The summed E-state index contributed by atoms with van der Waals surface area (Å²) in [5.41, 5.74) is 2.39. The van der Waals surface area contributed by atoms with Crippen LogP contribution in [0.3, 0.4) is 0 Å². The van der Waals surface area contributed by atoms with Crippen molar-refractivity contribution >= 4 is 40.2 Å². The molecule has 2 aromatic carbocycles. The number of aromatic nitrogens is 2. The minimum atomic E-state index is -0.324. The van der Waals surface area contributed by atoms with E-state index >= 15 is 0 Å². The van der Waals surface area contributed by atoms with Gasteiger partial charge >= 0.3 is 0 Å². The van der Waals surface area contributed by atoms with Gasteiger partial charge in [0.25, 0.3) is 0 Å². The van der Waals surface area contributed by atoms with Crippen molar-refractivity contribution in [3.8, 4) is 5.75 Å². The van der Waals surface area contributed by atoms with Gasteiger partial charge in [0.2, 0.25) is 11.8 Å². The summed E-state index contributed by atoms with van der Waals surface area (Å²) in [6.45, 7) is 1.80. The second kappa shape index (κ2) is 9.18. The third kappa shape index (κ3) is 4.98. The zero-order valence-corrected chi connectivity index (χ0v) is 16.4. The maximum atomic E-state index is 12.1. The van der Waals surface area contributed by atoms with Crippen LogP contribution in [0.15, 0.2) is 53.8 Å². The van der Waals surface area contributed by atoms with Crippen LogP contribution in [0.25, 0.3) is 10.9 Å². The molecule has 2 amide bonds. The van der Waals surface area contributed by atoms with Gasteiger partial charge in [-0.25, -0.2) is 9.97 Å². The first-order valence-corrected chi connectivity index (χ1v) is 9.59. The first kappa shape index (κ1) is 19.6. The lowest BCUT2D eigenvalue weighted by Crippen LogP contribution is -2.34. The van der Waals surface area contributed by atoms with E-state index in [0.29, 0.717) is 11.4 Å². The Morgan fingerprint density at radius 3 is 2.75 bits per heavy atom. The van der Waals surface area contributed by atoms with Gasteiger partial charge in [-0.05, 0) is 30.7 Å². The molecule has 0 unspecified atom stereocenters. The molecular weight excluding hydrogens is 376 g/mol. The second-order valence-corrected chi connectivity index (χ2v) is 6.98. The fraction of sp³-hybridized carbons (Fsp3) is 0.200. The lowest BCUT2D eigenvalue weighted by atomic mass is 10.2. The molecule has 3 rings (SSSR count). The molecule has 0 saturated heterocycles. The van der Waals surface area contributed by atoms with Gasteiger partial charge in [-0.2, -0.15) is 0 Å². The highest BCUT2D eigenvalue weighted by Gasteiger charge is 2.11. The summed E-state index contributed by atoms with van der Waals surface area (Å²) in [4.78, 5) is 32.7. The number of thioether (sulfide) groups is 1. The molecule has 1 aromatic heterocycles. The topological polar surface area (TPSA) is 93.2 Å². The van der Waals surface area contributed by atoms with E-state index in [2.05, 4.69) is 20.6 Å². The zero-order valence-electron chi connectivity index (χ0n) is 15.6. The zero-order chi connectivity index (χ0) is 19.9. The van der Waals surface area contributed by atoms with Crippen LogP contribution in [0.5, 0.6) is 5.75 Å². The van der Waals surface area contributed by atoms with Crippen LogP contribution in [0, 0.1) is 6.92 Å². The monoisotopic (exact) mass is 396 g/mol. The third-order valence-corrected chi connectivity index (χ3v) is 4.93. The van der Waals surface area contributed by atoms with E-state index in [1.54, 1.807) is 6.07 Å². The summed E-state index contributed by atoms with van der Waals surface area (Å²) in [6.07, 6.45) is 1.48. The summed E-state index contributed by atoms with van der Waals surface area (Å²) in [5.74, 6) is 0.146. The largest absolute Gasteiger partial charge is 0.495 e. The SMILES string of the molecule is COc1ccc(C)cc1NC(=O)CNC(=O)CSc1ncnc2ccccc12. The lowest BCUT2D eigenvalue weighted by molar-refractivity contribution is -0.122. The average molecular weight is 396 g/mol. The van der Waals surface area contributed by atoms with Gasteiger partial charge < -0.3 is 15.4 Å². The fourth-order valence-electron chi connectivity index (χ4n) is 2.57. The standard InChI is InChI=1S/C20H20N4O3S/c1-13-7-8-17(27-2)16(9-13)24-18(25)10-21-19(26)11-28-20-14-5-3-4-6-15(14)22-12-23-20/h3-9,12H,10-11H2,1-2H3,(H,21,26)(H,24,25). The predicted octanol–water partition coefficient (Wildman–Crippen LogP) is 2.79. The highest BCUT2D eigenvalue weighted by molar-refractivity contribution is 8.00. The first-order chi connectivity index (χ1) is 13.6. The number of nitrogens with zero attached hydrogens (tertiary/aromatic N) is 2. The Kier molecular flexibility index (Phi) is 6.44. The minimum absolute atomic E-state index is 0.124. The highest BCUT2D eigenvalue weighted by atomic mass is 32.2. The van der Waals surface area contributed by atoms with Crippen molar-refractivity contribution in [3.63, 3.8) is 0 Å². The molecule has 0 aliphatic heterocycles. The third-order valence-electron chi connectivity index (χ3n) is 3.92. The molecule has 0 atom stereocenters. The van der Waals surface area contributed by atoms with Crippen LogP contribution in [-0.2, 0) is 9.59 Å². The lowest BCUT2D eigenvalue weighted by Gasteiger charge is -2.11. The van der Waals surface area contributed by atoms with Crippen LogP contribution in [-0.4, -0.2) is 41.2 Å². The number of anilines is 1. The number of ether oxygens (including phenoxy) is 1. The number of fused-ring (bicyclic) bond motifs is 1. The van der Waals surface area contributed by atoms with E-state index < -0.39 is 0 Å². The van der Waals surface area contributed by atoms with E-state index in [1.807, 2.05) is 43.3 Å². The van der Waals surface area contributed by atoms with Crippen molar-refractivity contribution in [2.45, 2.75) is 11.9 Å². The number of carbonyl (C=O) groups excluding carboxylic acids is 2. The van der Waals surface area contributed by atoms with Gasteiger partial charge in [0.05, 0.1) is 30.6 Å². The molecule has 0 fully saturated rings. The quantitative estimate of drug-likeness (QED) is 0.471. The number of para-hydroxylation sites is 1. The summed E-state index contributed by atoms with van der Waals surface area (Å²) in [7, 11) is 1.54. The molecule has 7 nitrogen and oxygen atoms in total. The smallest absolute Gasteiger partial charge is 0.243 e. The number of aryl methyl sites for hydroxylation is 1. The van der Waals surface area contributed by atoms with Crippen molar-refractivity contribution < 1.29 is 14.3 Å². The minimum Gasteiger partial charge on any atom is -0.495 e. The Balaban J connectivity index is 1.51. The molecule has 1 heterocycles. The normalized spacial score (nSPS) is 10.5. The maximum absolute atomic E-state index is 12.1. The van der Waals surface area contributed by atoms with Gasteiger partial charge in [0.1, 0.15) is 17.1 Å². The predicted molar refractivity (Wildman–Crippen MR) is 110 cm³/mol. The van der Waals surface area contributed by atoms with Crippen molar-refractivity contribution in [1.82, 2.24) is 15.3 Å². The molecular formula is C20H20N4O3S. The van der Waals surface area contributed by atoms with E-state index in [1.165, 1.54) is 25.2 Å². The Morgan fingerprint density at radius 1 is 1.11 bits per heavy atom. The number of nitrogens with one attached hydrogen (secondary N) is 2. The number of methoxy groups -OCH3 is 1. The molecule has 3 aromatic rings. The van der Waals surface area contributed by atoms with Crippen molar-refractivity contribution in [1.29, 1.82) is 0 Å². The fourth-order valence-corrected chi connectivity index (χ4v) is 3.39. The second-order valence-electron chi connectivity index (χ2n) is 6.01. The molecule has 0 aliphatic carbocycles. The molecule has 0 bridgehead atoms. The summed E-state index contributed by atoms with van der Waals surface area (Å²) < 4.78 is 5.23. The van der Waals surface area contributed by atoms with Crippen molar-refractivity contribution in [3.05, 3.63) is 54.4 Å². The molecule has 2 N–H and O–H groups in total. The van der Waals surface area contributed by atoms with Crippen molar-refractivity contribution in [2.75, 3.05) is 24.7 Å². The van der Waals surface area contributed by atoms with E-state index in [9.17, 15) is 9.59 Å². The average Bonchev–Trinajstić information content (AvgIpc) is 2.71. The van der Waals surface area contributed by atoms with E-state index in [0.717, 1.165) is 21.5 Å². The van der Waals surface area contributed by atoms with Gasteiger partial charge in [0, 0.05) is 5.39 Å². The number of amides is 2. The molecule has 0 aliphatic rings. The Hall–Kier alpha value is -3.13. The summed E-state index contributed by atoms with van der Waals surface area (Å²) in [5, 5.41) is 6.99. The maximum Gasteiger partial charge on any atom is 0.243 e. The van der Waals surface area contributed by atoms with Gasteiger partial charge in [-0.1, -0.05) is 36.0 Å². The molecule has 0 radical (unpaired) electrons. The molecule has 8 heteroatoms. The molecule has 0 saturated carbocycles. The number of hydrogen-bond donors (Lipinski definition) is 2. The van der Waals surface area contributed by atoms with Crippen LogP contribution < -0.4 is 15.4 Å². The molecule has 0 spiro atoms.